The molecule has 2 aromatic heterocycles. The maximum Gasteiger partial charge on any atom is 0.124 e. The van der Waals surface area contributed by atoms with Crippen molar-refractivity contribution >= 4 is 44.2 Å². The molecule has 0 aliphatic rings. The van der Waals surface area contributed by atoms with Crippen molar-refractivity contribution in [1.82, 2.24) is 9.97 Å². The van der Waals surface area contributed by atoms with Gasteiger partial charge in [-0.1, -0.05) is 41.4 Å². The lowest BCUT2D eigenvalue weighted by molar-refractivity contribution is 0.883. The lowest BCUT2D eigenvalue weighted by Gasteiger charge is -2.01. The summed E-state index contributed by atoms with van der Waals surface area (Å²) in [6.45, 7) is 2.17. The lowest BCUT2D eigenvalue weighted by atomic mass is 10.1. The van der Waals surface area contributed by atoms with Crippen LogP contribution in [0.25, 0.3) is 21.8 Å². The summed E-state index contributed by atoms with van der Waals surface area (Å²) < 4.78 is 1.07. The summed E-state index contributed by atoms with van der Waals surface area (Å²) in [6.07, 6.45) is 4.00. The largest absolute Gasteiger partial charge is 0.261 e. The van der Waals surface area contributed by atoms with Crippen LogP contribution in [0.3, 0.4) is 0 Å². The van der Waals surface area contributed by atoms with E-state index in [0.717, 1.165) is 44.8 Å². The van der Waals surface area contributed by atoms with E-state index in [9.17, 15) is 0 Å². The summed E-state index contributed by atoms with van der Waals surface area (Å²) in [5.74, 6) is 0. The van der Waals surface area contributed by atoms with Crippen LogP contribution in [0.15, 0.2) is 52.4 Å². The third-order valence-electron chi connectivity index (χ3n) is 3.19. The molecule has 0 bridgehead atoms. The fraction of sp³-hybridized carbons (Fsp3) is 0.176. The summed E-state index contributed by atoms with van der Waals surface area (Å²) in [7, 11) is 0. The first-order valence-electron chi connectivity index (χ1n) is 6.93. The zero-order valence-corrected chi connectivity index (χ0v) is 16.2. The van der Waals surface area contributed by atoms with Crippen molar-refractivity contribution < 1.29 is 0 Å². The van der Waals surface area contributed by atoms with E-state index in [1.165, 1.54) is 0 Å². The first-order valence-corrected chi connectivity index (χ1v) is 8.60. The Labute approximate surface area is 153 Å². The summed E-state index contributed by atoms with van der Waals surface area (Å²) in [6, 6.07) is 12.4. The molecule has 3 rings (SSSR count). The van der Waals surface area contributed by atoms with Crippen molar-refractivity contribution in [2.45, 2.75) is 19.8 Å². The molecule has 0 amide bonds. The van der Waals surface area contributed by atoms with Gasteiger partial charge in [0.2, 0.25) is 0 Å². The van der Waals surface area contributed by atoms with Crippen LogP contribution in [0.5, 0.6) is 0 Å². The van der Waals surface area contributed by atoms with E-state index < -0.39 is 0 Å². The predicted octanol–water partition coefficient (Wildman–Crippen LogP) is 6.17. The Morgan fingerprint density at radius 1 is 1.14 bits per heavy atom. The second kappa shape index (κ2) is 7.99. The highest BCUT2D eigenvalue weighted by molar-refractivity contribution is 9.10. The highest BCUT2D eigenvalue weighted by Crippen LogP contribution is 2.30. The number of hydrogen-bond donors (Lipinski definition) is 0. The van der Waals surface area contributed by atoms with Crippen LogP contribution in [0.4, 0.5) is 0 Å². The SMILES string of the molecule is Br.CCCc1cc(-c2nc(-c3cccc(Br)c3)cs2)ccn1. The standard InChI is InChI=1S/C17H15BrN2S.BrH/c1-2-4-15-10-13(7-8-19-15)17-20-16(11-21-17)12-5-3-6-14(18)9-12;/h3,5-11H,2,4H2,1H3;1H. The van der Waals surface area contributed by atoms with Gasteiger partial charge in [0.1, 0.15) is 5.01 Å². The molecule has 5 heteroatoms. The Hall–Kier alpha value is -1.04. The van der Waals surface area contributed by atoms with E-state index in [-0.39, 0.29) is 17.0 Å². The van der Waals surface area contributed by atoms with Gasteiger partial charge in [-0.2, -0.15) is 0 Å². The minimum atomic E-state index is 0. The third kappa shape index (κ3) is 4.03. The van der Waals surface area contributed by atoms with E-state index in [1.807, 2.05) is 24.4 Å². The number of aromatic nitrogens is 2. The molecular weight excluding hydrogens is 424 g/mol. The van der Waals surface area contributed by atoms with Crippen LogP contribution < -0.4 is 0 Å². The molecule has 0 radical (unpaired) electrons. The molecule has 0 aliphatic heterocycles. The zero-order valence-electron chi connectivity index (χ0n) is 12.1. The molecule has 0 atom stereocenters. The number of rotatable bonds is 4. The fourth-order valence-corrected chi connectivity index (χ4v) is 3.42. The molecule has 2 heterocycles. The number of nitrogens with zero attached hydrogens (tertiary/aromatic N) is 2. The molecule has 0 saturated carbocycles. The van der Waals surface area contributed by atoms with Crippen LogP contribution in [-0.4, -0.2) is 9.97 Å². The average molecular weight is 440 g/mol. The number of aryl methyl sites for hydroxylation is 1. The number of thiazole rings is 1. The summed E-state index contributed by atoms with van der Waals surface area (Å²) in [5.41, 5.74) is 4.44. The second-order valence-corrected chi connectivity index (χ2v) is 6.61. The summed E-state index contributed by atoms with van der Waals surface area (Å²) in [5, 5.41) is 3.15. The predicted molar refractivity (Wildman–Crippen MR) is 103 cm³/mol. The lowest BCUT2D eigenvalue weighted by Crippen LogP contribution is -1.89. The molecular formula is C17H16Br2N2S. The molecule has 0 saturated heterocycles. The maximum absolute atomic E-state index is 4.76. The van der Waals surface area contributed by atoms with Gasteiger partial charge in [0.25, 0.3) is 0 Å². The van der Waals surface area contributed by atoms with Crippen LogP contribution in [0, 0.1) is 0 Å². The molecule has 2 nitrogen and oxygen atoms in total. The molecule has 0 fully saturated rings. The summed E-state index contributed by atoms with van der Waals surface area (Å²) in [4.78, 5) is 9.16. The average Bonchev–Trinajstić information content (AvgIpc) is 2.98. The number of hydrogen-bond acceptors (Lipinski definition) is 3. The number of benzene rings is 1. The van der Waals surface area contributed by atoms with Gasteiger partial charge in [0, 0.05) is 32.9 Å². The first-order chi connectivity index (χ1) is 10.3. The van der Waals surface area contributed by atoms with Crippen molar-refractivity contribution in [2.75, 3.05) is 0 Å². The van der Waals surface area contributed by atoms with Gasteiger partial charge >= 0.3 is 0 Å². The van der Waals surface area contributed by atoms with Crippen molar-refractivity contribution in [2.24, 2.45) is 0 Å². The Morgan fingerprint density at radius 2 is 2.00 bits per heavy atom. The van der Waals surface area contributed by atoms with E-state index in [4.69, 9.17) is 4.98 Å². The van der Waals surface area contributed by atoms with Gasteiger partial charge in [0.15, 0.2) is 0 Å². The fourth-order valence-electron chi connectivity index (χ4n) is 2.19. The van der Waals surface area contributed by atoms with E-state index in [0.29, 0.717) is 0 Å². The Morgan fingerprint density at radius 3 is 2.77 bits per heavy atom. The highest BCUT2D eigenvalue weighted by Gasteiger charge is 2.08. The molecule has 1 aromatic carbocycles. The Balaban J connectivity index is 0.00000176. The van der Waals surface area contributed by atoms with Crippen LogP contribution >= 0.6 is 44.2 Å². The van der Waals surface area contributed by atoms with E-state index in [2.05, 4.69) is 51.4 Å². The molecule has 114 valence electrons. The Bertz CT molecular complexity index is 756. The minimum absolute atomic E-state index is 0. The van der Waals surface area contributed by atoms with E-state index >= 15 is 0 Å². The van der Waals surface area contributed by atoms with Crippen LogP contribution in [-0.2, 0) is 6.42 Å². The third-order valence-corrected chi connectivity index (χ3v) is 4.58. The first kappa shape index (κ1) is 17.3. The monoisotopic (exact) mass is 438 g/mol. The number of halogens is 2. The van der Waals surface area contributed by atoms with Crippen LogP contribution in [0.2, 0.25) is 0 Å². The van der Waals surface area contributed by atoms with Gasteiger partial charge < -0.3 is 0 Å². The van der Waals surface area contributed by atoms with E-state index in [1.54, 1.807) is 11.3 Å². The topological polar surface area (TPSA) is 25.8 Å². The van der Waals surface area contributed by atoms with Gasteiger partial charge in [-0.05, 0) is 30.7 Å². The number of pyridine rings is 1. The molecule has 0 N–H and O–H groups in total. The molecule has 0 unspecified atom stereocenters. The van der Waals surface area contributed by atoms with Gasteiger partial charge in [0.05, 0.1) is 5.69 Å². The normalized spacial score (nSPS) is 10.3. The zero-order chi connectivity index (χ0) is 14.7. The maximum atomic E-state index is 4.76. The Kier molecular flexibility index (Phi) is 6.29. The molecule has 22 heavy (non-hydrogen) atoms. The van der Waals surface area contributed by atoms with Gasteiger partial charge in [-0.15, -0.1) is 28.3 Å². The quantitative estimate of drug-likeness (QED) is 0.486. The van der Waals surface area contributed by atoms with Crippen molar-refractivity contribution in [1.29, 1.82) is 0 Å². The van der Waals surface area contributed by atoms with Crippen molar-refractivity contribution in [3.05, 3.63) is 58.1 Å². The van der Waals surface area contributed by atoms with Gasteiger partial charge in [-0.25, -0.2) is 4.98 Å². The minimum Gasteiger partial charge on any atom is -0.261 e. The van der Waals surface area contributed by atoms with Crippen LogP contribution in [0.1, 0.15) is 19.0 Å². The molecule has 0 spiro atoms. The summed E-state index contributed by atoms with van der Waals surface area (Å²) >= 11 is 5.18. The smallest absolute Gasteiger partial charge is 0.124 e. The molecule has 3 aromatic rings. The molecule has 0 aliphatic carbocycles. The second-order valence-electron chi connectivity index (χ2n) is 4.83. The highest BCUT2D eigenvalue weighted by atomic mass is 79.9. The van der Waals surface area contributed by atoms with Gasteiger partial charge in [-0.3, -0.25) is 4.98 Å². The van der Waals surface area contributed by atoms with Crippen molar-refractivity contribution in [3.63, 3.8) is 0 Å². The van der Waals surface area contributed by atoms with Crippen molar-refractivity contribution in [3.8, 4) is 21.8 Å².